The van der Waals surface area contributed by atoms with Gasteiger partial charge in [-0.15, -0.1) is 0 Å². The maximum atomic E-state index is 13.6. The molecule has 1 fully saturated rings. The first-order valence-electron chi connectivity index (χ1n) is 13.7. The predicted octanol–water partition coefficient (Wildman–Crippen LogP) is 1.83. The number of aromatic nitrogens is 2. The van der Waals surface area contributed by atoms with E-state index in [9.17, 15) is 19.5 Å². The van der Waals surface area contributed by atoms with E-state index in [-0.39, 0.29) is 24.9 Å². The SMILES string of the molecule is CC(C)(N)C(=O)N[C@H](COCc1ccccc1)C(=O)Nc1cn(C(C(=O)N2CCC(O)CC2)c2ccccc2)cn1. The van der Waals surface area contributed by atoms with E-state index < -0.39 is 35.5 Å². The molecule has 1 unspecified atom stereocenters. The second-order valence-corrected chi connectivity index (χ2v) is 10.8. The summed E-state index contributed by atoms with van der Waals surface area (Å²) in [6.45, 7) is 4.19. The number of nitrogens with one attached hydrogen (secondary N) is 2. The Morgan fingerprint density at radius 1 is 1.07 bits per heavy atom. The molecule has 2 atom stereocenters. The fraction of sp³-hybridized carbons (Fsp3) is 0.400. The van der Waals surface area contributed by atoms with Gasteiger partial charge in [-0.25, -0.2) is 4.98 Å². The fourth-order valence-corrected chi connectivity index (χ4v) is 4.49. The molecular formula is C30H38N6O5. The Balaban J connectivity index is 1.49. The number of benzene rings is 2. The highest BCUT2D eigenvalue weighted by Gasteiger charge is 2.31. The van der Waals surface area contributed by atoms with Gasteiger partial charge >= 0.3 is 0 Å². The third kappa shape index (κ3) is 8.23. The molecular weight excluding hydrogens is 524 g/mol. The lowest BCUT2D eigenvalue weighted by Gasteiger charge is -2.33. The Bertz CT molecular complexity index is 1300. The van der Waals surface area contributed by atoms with Gasteiger partial charge in [0.15, 0.2) is 5.82 Å². The Kier molecular flexibility index (Phi) is 9.87. The van der Waals surface area contributed by atoms with Crippen LogP contribution in [0.25, 0.3) is 0 Å². The molecule has 2 heterocycles. The van der Waals surface area contributed by atoms with Crippen molar-refractivity contribution in [2.24, 2.45) is 5.73 Å². The van der Waals surface area contributed by atoms with Crippen LogP contribution in [0.3, 0.4) is 0 Å². The zero-order chi connectivity index (χ0) is 29.4. The topological polar surface area (TPSA) is 152 Å². The molecule has 2 aromatic carbocycles. The van der Waals surface area contributed by atoms with Gasteiger partial charge in [0.1, 0.15) is 12.1 Å². The number of aliphatic hydroxyl groups excluding tert-OH is 1. The molecule has 1 aromatic heterocycles. The Morgan fingerprint density at radius 2 is 1.71 bits per heavy atom. The van der Waals surface area contributed by atoms with Crippen molar-refractivity contribution in [1.29, 1.82) is 0 Å². The average Bonchev–Trinajstić information content (AvgIpc) is 3.41. The summed E-state index contributed by atoms with van der Waals surface area (Å²) < 4.78 is 7.41. The van der Waals surface area contributed by atoms with Crippen LogP contribution in [0.5, 0.6) is 0 Å². The highest BCUT2D eigenvalue weighted by molar-refractivity contribution is 5.98. The van der Waals surface area contributed by atoms with E-state index in [0.29, 0.717) is 25.9 Å². The predicted molar refractivity (Wildman–Crippen MR) is 154 cm³/mol. The summed E-state index contributed by atoms with van der Waals surface area (Å²) in [6.07, 6.45) is 3.73. The third-order valence-electron chi connectivity index (χ3n) is 6.88. The summed E-state index contributed by atoms with van der Waals surface area (Å²) in [5.74, 6) is -0.948. The number of ether oxygens (including phenoxy) is 1. The number of piperidine rings is 1. The van der Waals surface area contributed by atoms with Gasteiger partial charge in [0.05, 0.1) is 31.2 Å². The number of aliphatic hydroxyl groups is 1. The van der Waals surface area contributed by atoms with E-state index in [2.05, 4.69) is 15.6 Å². The normalized spacial score (nSPS) is 15.7. The molecule has 5 N–H and O–H groups in total. The summed E-state index contributed by atoms with van der Waals surface area (Å²) in [4.78, 5) is 45.6. The largest absolute Gasteiger partial charge is 0.393 e. The minimum absolute atomic E-state index is 0.0881. The number of carbonyl (C=O) groups excluding carboxylic acids is 3. The molecule has 0 saturated carbocycles. The number of amides is 3. The second kappa shape index (κ2) is 13.5. The average molecular weight is 563 g/mol. The third-order valence-corrected chi connectivity index (χ3v) is 6.88. The summed E-state index contributed by atoms with van der Waals surface area (Å²) in [6, 6.07) is 17.1. The van der Waals surface area contributed by atoms with Crippen molar-refractivity contribution >= 4 is 23.5 Å². The summed E-state index contributed by atoms with van der Waals surface area (Å²) >= 11 is 0. The number of imidazole rings is 1. The van der Waals surface area contributed by atoms with Gasteiger partial charge in [-0.1, -0.05) is 60.7 Å². The maximum Gasteiger partial charge on any atom is 0.250 e. The minimum atomic E-state index is -1.20. The molecule has 0 aliphatic carbocycles. The van der Waals surface area contributed by atoms with Crippen molar-refractivity contribution in [3.05, 3.63) is 84.3 Å². The van der Waals surface area contributed by atoms with Crippen molar-refractivity contribution in [2.45, 2.75) is 57.0 Å². The van der Waals surface area contributed by atoms with Crippen molar-refractivity contribution in [3.63, 3.8) is 0 Å². The summed E-state index contributed by atoms with van der Waals surface area (Å²) in [7, 11) is 0. The van der Waals surface area contributed by atoms with Gasteiger partial charge in [-0.3, -0.25) is 14.4 Å². The molecule has 3 aromatic rings. The van der Waals surface area contributed by atoms with Gasteiger partial charge in [0.2, 0.25) is 11.8 Å². The first-order chi connectivity index (χ1) is 19.6. The Labute approximate surface area is 239 Å². The molecule has 1 aliphatic rings. The van der Waals surface area contributed by atoms with Gasteiger partial charge in [0.25, 0.3) is 5.91 Å². The Hall–Kier alpha value is -4.06. The lowest BCUT2D eigenvalue weighted by atomic mass is 10.0. The van der Waals surface area contributed by atoms with Crippen LogP contribution in [0.2, 0.25) is 0 Å². The highest BCUT2D eigenvalue weighted by Crippen LogP contribution is 2.24. The number of hydrogen-bond donors (Lipinski definition) is 4. The highest BCUT2D eigenvalue weighted by atomic mass is 16.5. The minimum Gasteiger partial charge on any atom is -0.393 e. The number of carbonyl (C=O) groups is 3. The molecule has 0 bridgehead atoms. The second-order valence-electron chi connectivity index (χ2n) is 10.8. The number of likely N-dealkylation sites (tertiary alicyclic amines) is 1. The van der Waals surface area contributed by atoms with Crippen LogP contribution >= 0.6 is 0 Å². The molecule has 1 saturated heterocycles. The number of hydrogen-bond acceptors (Lipinski definition) is 7. The van der Waals surface area contributed by atoms with Crippen LogP contribution in [0.4, 0.5) is 5.82 Å². The molecule has 11 heteroatoms. The van der Waals surface area contributed by atoms with Gasteiger partial charge in [-0.05, 0) is 37.8 Å². The van der Waals surface area contributed by atoms with Crippen LogP contribution in [-0.4, -0.2) is 74.7 Å². The van der Waals surface area contributed by atoms with Gasteiger partial charge in [-0.2, -0.15) is 0 Å². The van der Waals surface area contributed by atoms with Crippen LogP contribution in [0.1, 0.15) is 43.9 Å². The van der Waals surface area contributed by atoms with Gasteiger partial charge < -0.3 is 35.7 Å². The molecule has 218 valence electrons. The van der Waals surface area contributed by atoms with E-state index in [1.54, 1.807) is 29.5 Å². The van der Waals surface area contributed by atoms with E-state index >= 15 is 0 Å². The van der Waals surface area contributed by atoms with Crippen molar-refractivity contribution in [3.8, 4) is 0 Å². The zero-order valence-electron chi connectivity index (χ0n) is 23.4. The van der Waals surface area contributed by atoms with E-state index in [0.717, 1.165) is 11.1 Å². The monoisotopic (exact) mass is 562 g/mol. The fourth-order valence-electron chi connectivity index (χ4n) is 4.49. The van der Waals surface area contributed by atoms with Crippen molar-refractivity contribution < 1.29 is 24.2 Å². The van der Waals surface area contributed by atoms with Crippen LogP contribution in [0.15, 0.2) is 73.2 Å². The molecule has 0 spiro atoms. The molecule has 1 aliphatic heterocycles. The summed E-state index contributed by atoms with van der Waals surface area (Å²) in [5.41, 5.74) is 6.43. The Morgan fingerprint density at radius 3 is 2.34 bits per heavy atom. The van der Waals surface area contributed by atoms with E-state index in [4.69, 9.17) is 10.5 Å². The number of rotatable bonds is 11. The lowest BCUT2D eigenvalue weighted by Crippen LogP contribution is -2.56. The molecule has 3 amide bonds. The molecule has 11 nitrogen and oxygen atoms in total. The van der Waals surface area contributed by atoms with E-state index in [1.165, 1.54) is 6.33 Å². The van der Waals surface area contributed by atoms with Crippen LogP contribution < -0.4 is 16.4 Å². The summed E-state index contributed by atoms with van der Waals surface area (Å²) in [5, 5.41) is 15.3. The smallest absolute Gasteiger partial charge is 0.250 e. The molecule has 0 radical (unpaired) electrons. The number of anilines is 1. The lowest BCUT2D eigenvalue weighted by molar-refractivity contribution is -0.135. The van der Waals surface area contributed by atoms with Crippen LogP contribution in [-0.2, 0) is 25.7 Å². The first-order valence-corrected chi connectivity index (χ1v) is 13.7. The first kappa shape index (κ1) is 29.9. The van der Waals surface area contributed by atoms with Crippen molar-refractivity contribution in [2.75, 3.05) is 25.0 Å². The van der Waals surface area contributed by atoms with Crippen molar-refractivity contribution in [1.82, 2.24) is 19.8 Å². The zero-order valence-corrected chi connectivity index (χ0v) is 23.4. The molecule has 41 heavy (non-hydrogen) atoms. The van der Waals surface area contributed by atoms with Gasteiger partial charge in [0, 0.05) is 19.3 Å². The van der Waals surface area contributed by atoms with Crippen LogP contribution in [0, 0.1) is 0 Å². The maximum absolute atomic E-state index is 13.6. The quantitative estimate of drug-likeness (QED) is 0.278. The van der Waals surface area contributed by atoms with E-state index in [1.807, 2.05) is 60.7 Å². The standard InChI is InChI=1S/C30H38N6O5/c1-30(2,31)29(40)33-24(19-41-18-21-9-5-3-6-10-21)27(38)34-25-17-36(20-32-25)26(22-11-7-4-8-12-22)28(39)35-15-13-23(37)14-16-35/h3-12,17,20,23-24,26,37H,13-16,18-19,31H2,1-2H3,(H,33,40)(H,34,38)/t24-,26?/m1/s1. The number of nitrogens with zero attached hydrogens (tertiary/aromatic N) is 3. The number of nitrogens with two attached hydrogens (primary N) is 1. The molecule has 4 rings (SSSR count).